The number of likely N-dealkylation sites (tertiary alicyclic amines) is 2. The number of amides is 4. The van der Waals surface area contributed by atoms with Crippen LogP contribution >= 0.6 is 0 Å². The van der Waals surface area contributed by atoms with Gasteiger partial charge in [0.05, 0.1) is 17.5 Å². The fourth-order valence-corrected chi connectivity index (χ4v) is 4.01. The Morgan fingerprint density at radius 2 is 1.65 bits per heavy atom. The van der Waals surface area contributed by atoms with Crippen molar-refractivity contribution in [3.05, 3.63) is 0 Å². The minimum Gasteiger partial charge on any atom is -0.351 e. The van der Waals surface area contributed by atoms with Gasteiger partial charge in [0.15, 0.2) is 0 Å². The molecule has 0 spiro atoms. The molecule has 4 amide bonds. The summed E-state index contributed by atoms with van der Waals surface area (Å²) in [5.41, 5.74) is -0.803. The fraction of sp³-hybridized carbons (Fsp3) is 0.765. The van der Waals surface area contributed by atoms with Crippen molar-refractivity contribution >= 4 is 23.6 Å². The van der Waals surface area contributed by atoms with Gasteiger partial charge in [-0.3, -0.25) is 19.2 Å². The summed E-state index contributed by atoms with van der Waals surface area (Å²) in [5, 5.41) is 9.00. The maximum atomic E-state index is 12.9. The zero-order valence-corrected chi connectivity index (χ0v) is 15.3. The summed E-state index contributed by atoms with van der Waals surface area (Å²) in [6, 6.07) is -0.405. The van der Waals surface area contributed by atoms with Gasteiger partial charge in [-0.25, -0.2) is 0 Å². The third kappa shape index (κ3) is 3.82. The van der Waals surface area contributed by atoms with Crippen LogP contribution in [-0.2, 0) is 19.2 Å². The van der Waals surface area contributed by atoms with Crippen molar-refractivity contribution in [1.29, 1.82) is 0 Å². The highest BCUT2D eigenvalue weighted by Gasteiger charge is 2.45. The molecule has 0 aromatic carbocycles. The van der Waals surface area contributed by atoms with Crippen LogP contribution in [0.15, 0.2) is 0 Å². The lowest BCUT2D eigenvalue weighted by atomic mass is 9.81. The van der Waals surface area contributed by atoms with Crippen LogP contribution < -0.4 is 16.0 Å². The lowest BCUT2D eigenvalue weighted by molar-refractivity contribution is -0.136. The first-order chi connectivity index (χ1) is 12.3. The summed E-state index contributed by atoms with van der Waals surface area (Å²) in [6.07, 6.45) is 1.26. The van der Waals surface area contributed by atoms with Gasteiger partial charge in [0, 0.05) is 53.0 Å². The number of likely N-dealkylation sites (N-methyl/N-ethyl adjacent to an activating group) is 2. The Hall–Kier alpha value is -2.16. The summed E-state index contributed by atoms with van der Waals surface area (Å²) >= 11 is 0. The van der Waals surface area contributed by atoms with Crippen molar-refractivity contribution in [2.24, 2.45) is 5.41 Å². The van der Waals surface area contributed by atoms with Gasteiger partial charge in [0.1, 0.15) is 0 Å². The van der Waals surface area contributed by atoms with E-state index in [9.17, 15) is 19.2 Å². The second-order valence-electron chi connectivity index (χ2n) is 7.78. The molecule has 9 heteroatoms. The van der Waals surface area contributed by atoms with Crippen LogP contribution in [0.4, 0.5) is 0 Å². The molecule has 3 fully saturated rings. The van der Waals surface area contributed by atoms with E-state index >= 15 is 0 Å². The Kier molecular flexibility index (Phi) is 5.17. The monoisotopic (exact) mass is 365 g/mol. The SMILES string of the molecule is CN1CC(NC(=O)CC2(C(=O)NC3CC(=O)N(C)C3)CCNC2)CC1=O. The van der Waals surface area contributed by atoms with Crippen molar-refractivity contribution in [3.63, 3.8) is 0 Å². The highest BCUT2D eigenvalue weighted by atomic mass is 16.2. The molecular weight excluding hydrogens is 338 g/mol. The minimum absolute atomic E-state index is 0.0142. The van der Waals surface area contributed by atoms with Gasteiger partial charge in [0.25, 0.3) is 0 Å². The van der Waals surface area contributed by atoms with Crippen molar-refractivity contribution in [2.75, 3.05) is 40.3 Å². The third-order valence-corrected chi connectivity index (χ3v) is 5.61. The topological polar surface area (TPSA) is 111 Å². The highest BCUT2D eigenvalue weighted by molar-refractivity contribution is 5.91. The van der Waals surface area contributed by atoms with E-state index in [1.54, 1.807) is 23.9 Å². The van der Waals surface area contributed by atoms with Crippen LogP contribution in [0.25, 0.3) is 0 Å². The molecule has 0 radical (unpaired) electrons. The van der Waals surface area contributed by atoms with E-state index in [1.165, 1.54) is 0 Å². The van der Waals surface area contributed by atoms with E-state index in [4.69, 9.17) is 0 Å². The van der Waals surface area contributed by atoms with E-state index in [0.29, 0.717) is 45.4 Å². The van der Waals surface area contributed by atoms with Crippen LogP contribution in [0.2, 0.25) is 0 Å². The van der Waals surface area contributed by atoms with E-state index in [-0.39, 0.29) is 42.1 Å². The van der Waals surface area contributed by atoms with E-state index in [1.807, 2.05) is 0 Å². The minimum atomic E-state index is -0.803. The molecule has 3 atom stereocenters. The van der Waals surface area contributed by atoms with Crippen molar-refractivity contribution in [2.45, 2.75) is 37.8 Å². The third-order valence-electron chi connectivity index (χ3n) is 5.61. The average Bonchev–Trinajstić information content (AvgIpc) is 3.22. The Bertz CT molecular complexity index is 616. The van der Waals surface area contributed by atoms with Crippen LogP contribution in [-0.4, -0.2) is 85.8 Å². The number of carbonyl (C=O) groups excluding carboxylic acids is 4. The Morgan fingerprint density at radius 3 is 2.12 bits per heavy atom. The fourth-order valence-electron chi connectivity index (χ4n) is 4.01. The second-order valence-corrected chi connectivity index (χ2v) is 7.78. The molecule has 9 nitrogen and oxygen atoms in total. The number of nitrogens with one attached hydrogen (secondary N) is 3. The standard InChI is InChI=1S/C17H27N5O4/c1-21-8-11(5-14(21)24)19-13(23)7-17(3-4-18-10-17)16(26)20-12-6-15(25)22(2)9-12/h11-12,18H,3-10H2,1-2H3,(H,19,23)(H,20,26). The van der Waals surface area contributed by atoms with E-state index in [0.717, 1.165) is 0 Å². The molecule has 0 aromatic rings. The molecule has 144 valence electrons. The summed E-state index contributed by atoms with van der Waals surface area (Å²) < 4.78 is 0. The Labute approximate surface area is 152 Å². The van der Waals surface area contributed by atoms with Gasteiger partial charge in [-0.1, -0.05) is 0 Å². The van der Waals surface area contributed by atoms with Crippen LogP contribution in [0.3, 0.4) is 0 Å². The number of carbonyl (C=O) groups is 4. The molecule has 0 aliphatic carbocycles. The molecule has 3 N–H and O–H groups in total. The van der Waals surface area contributed by atoms with Crippen molar-refractivity contribution < 1.29 is 19.2 Å². The molecular formula is C17H27N5O4. The lowest BCUT2D eigenvalue weighted by Crippen LogP contribution is -2.50. The first-order valence-corrected chi connectivity index (χ1v) is 9.08. The maximum absolute atomic E-state index is 12.9. The quantitative estimate of drug-likeness (QED) is 0.524. The van der Waals surface area contributed by atoms with Gasteiger partial charge in [-0.05, 0) is 13.0 Å². The molecule has 3 rings (SSSR count). The zero-order chi connectivity index (χ0) is 18.9. The van der Waals surface area contributed by atoms with Crippen LogP contribution in [0, 0.1) is 5.41 Å². The molecule has 3 saturated heterocycles. The van der Waals surface area contributed by atoms with Crippen molar-refractivity contribution in [1.82, 2.24) is 25.8 Å². The molecule has 0 aromatic heterocycles. The smallest absolute Gasteiger partial charge is 0.228 e. The highest BCUT2D eigenvalue weighted by Crippen LogP contribution is 2.31. The van der Waals surface area contributed by atoms with Gasteiger partial charge in [0.2, 0.25) is 23.6 Å². The van der Waals surface area contributed by atoms with E-state index in [2.05, 4.69) is 16.0 Å². The molecule has 26 heavy (non-hydrogen) atoms. The first-order valence-electron chi connectivity index (χ1n) is 9.08. The average molecular weight is 365 g/mol. The predicted octanol–water partition coefficient (Wildman–Crippen LogP) is -1.95. The summed E-state index contributed by atoms with van der Waals surface area (Å²) in [4.78, 5) is 51.9. The number of hydrogen-bond acceptors (Lipinski definition) is 5. The predicted molar refractivity (Wildman–Crippen MR) is 92.9 cm³/mol. The summed E-state index contributed by atoms with van der Waals surface area (Å²) in [7, 11) is 3.43. The Morgan fingerprint density at radius 1 is 1.08 bits per heavy atom. The molecule has 3 aliphatic heterocycles. The normalized spacial score (nSPS) is 31.6. The maximum Gasteiger partial charge on any atom is 0.228 e. The largest absolute Gasteiger partial charge is 0.351 e. The van der Waals surface area contributed by atoms with Crippen LogP contribution in [0.1, 0.15) is 25.7 Å². The van der Waals surface area contributed by atoms with Crippen LogP contribution in [0.5, 0.6) is 0 Å². The Balaban J connectivity index is 1.58. The summed E-state index contributed by atoms with van der Waals surface area (Å²) in [6.45, 7) is 2.11. The lowest BCUT2D eigenvalue weighted by Gasteiger charge is -2.28. The van der Waals surface area contributed by atoms with Gasteiger partial charge in [-0.15, -0.1) is 0 Å². The second kappa shape index (κ2) is 7.22. The molecule has 3 heterocycles. The molecule has 3 aliphatic rings. The first kappa shape index (κ1) is 18.6. The molecule has 0 saturated carbocycles. The zero-order valence-electron chi connectivity index (χ0n) is 15.3. The molecule has 0 bridgehead atoms. The number of rotatable bonds is 5. The van der Waals surface area contributed by atoms with Gasteiger partial charge < -0.3 is 25.8 Å². The molecule has 3 unspecified atom stereocenters. The van der Waals surface area contributed by atoms with E-state index < -0.39 is 5.41 Å². The number of hydrogen-bond donors (Lipinski definition) is 3. The number of nitrogens with zero attached hydrogens (tertiary/aromatic N) is 2. The van der Waals surface area contributed by atoms with Gasteiger partial charge >= 0.3 is 0 Å². The van der Waals surface area contributed by atoms with Gasteiger partial charge in [-0.2, -0.15) is 0 Å². The summed E-state index contributed by atoms with van der Waals surface area (Å²) in [5.74, 6) is -0.357. The van der Waals surface area contributed by atoms with Crippen molar-refractivity contribution in [3.8, 4) is 0 Å².